The molecule has 4 rings (SSSR count). The predicted octanol–water partition coefficient (Wildman–Crippen LogP) is 3.04. The molecule has 2 aliphatic rings. The van der Waals surface area contributed by atoms with E-state index < -0.39 is 0 Å². The number of nitrogens with zero attached hydrogens (tertiary/aromatic N) is 1. The third kappa shape index (κ3) is 3.61. The summed E-state index contributed by atoms with van der Waals surface area (Å²) < 4.78 is 11.2. The highest BCUT2D eigenvalue weighted by atomic mass is 35.5. The van der Waals surface area contributed by atoms with Gasteiger partial charge in [-0.25, -0.2) is 0 Å². The molecule has 1 saturated heterocycles. The van der Waals surface area contributed by atoms with Gasteiger partial charge in [-0.15, -0.1) is 23.7 Å². The van der Waals surface area contributed by atoms with Crippen LogP contribution < -0.4 is 14.8 Å². The molecule has 0 radical (unpaired) electrons. The van der Waals surface area contributed by atoms with Gasteiger partial charge in [0.2, 0.25) is 0 Å². The highest BCUT2D eigenvalue weighted by Crippen LogP contribution is 2.37. The van der Waals surface area contributed by atoms with E-state index >= 15 is 0 Å². The minimum Gasteiger partial charge on any atom is -0.486 e. The van der Waals surface area contributed by atoms with E-state index in [9.17, 15) is 4.79 Å². The molecule has 1 aromatic carbocycles. The summed E-state index contributed by atoms with van der Waals surface area (Å²) in [4.78, 5) is 16.6. The third-order valence-corrected chi connectivity index (χ3v) is 5.53. The van der Waals surface area contributed by atoms with Crippen molar-refractivity contribution < 1.29 is 14.3 Å². The van der Waals surface area contributed by atoms with Crippen LogP contribution in [0.1, 0.15) is 16.6 Å². The zero-order chi connectivity index (χ0) is 16.5. The molecule has 1 atom stereocenters. The third-order valence-electron chi connectivity index (χ3n) is 4.41. The number of halogens is 1. The molecule has 1 fully saturated rings. The molecular weight excluding hydrogens is 360 g/mol. The zero-order valence-electron chi connectivity index (χ0n) is 14.0. The summed E-state index contributed by atoms with van der Waals surface area (Å²) in [5, 5.41) is 3.31. The number of rotatable bonds is 2. The maximum absolute atomic E-state index is 12.8. The molecule has 134 valence electrons. The summed E-state index contributed by atoms with van der Waals surface area (Å²) in [6, 6.07) is 10.1. The van der Waals surface area contributed by atoms with Gasteiger partial charge in [-0.3, -0.25) is 4.79 Å². The molecule has 1 amide bonds. The van der Waals surface area contributed by atoms with Crippen LogP contribution in [0.25, 0.3) is 10.4 Å². The van der Waals surface area contributed by atoms with Gasteiger partial charge in [0.15, 0.2) is 11.5 Å². The van der Waals surface area contributed by atoms with Crippen LogP contribution in [0.4, 0.5) is 0 Å². The minimum absolute atomic E-state index is 0. The van der Waals surface area contributed by atoms with Crippen LogP contribution in [0.5, 0.6) is 11.5 Å². The maximum Gasteiger partial charge on any atom is 0.264 e. The first-order valence-electron chi connectivity index (χ1n) is 8.24. The second-order valence-electron chi connectivity index (χ2n) is 6.07. The summed E-state index contributed by atoms with van der Waals surface area (Å²) in [6.07, 6.45) is 0. The van der Waals surface area contributed by atoms with Gasteiger partial charge in [0, 0.05) is 30.6 Å². The van der Waals surface area contributed by atoms with Crippen LogP contribution in [0, 0.1) is 0 Å². The number of hydrogen-bond donors (Lipinski definition) is 1. The Bertz CT molecular complexity index is 765. The van der Waals surface area contributed by atoms with Gasteiger partial charge >= 0.3 is 0 Å². The first kappa shape index (κ1) is 18.0. The van der Waals surface area contributed by atoms with Crippen LogP contribution in [0.2, 0.25) is 0 Å². The predicted molar refractivity (Wildman–Crippen MR) is 101 cm³/mol. The number of benzene rings is 1. The molecule has 2 aromatic rings. The molecule has 0 bridgehead atoms. The standard InChI is InChI=1S/C18H20N2O3S.ClH/c1-12-11-19-6-7-20(12)18(21)17-5-4-16(24-17)13-2-3-14-15(10-13)23-9-8-22-14;/h2-5,10,12,19H,6-9,11H2,1H3;1H. The largest absolute Gasteiger partial charge is 0.486 e. The monoisotopic (exact) mass is 380 g/mol. The summed E-state index contributed by atoms with van der Waals surface area (Å²) in [5.41, 5.74) is 1.05. The van der Waals surface area contributed by atoms with E-state index in [1.807, 2.05) is 35.2 Å². The van der Waals surface area contributed by atoms with Crippen LogP contribution in [-0.4, -0.2) is 49.7 Å². The number of nitrogens with one attached hydrogen (secondary N) is 1. The van der Waals surface area contributed by atoms with Crippen LogP contribution in [0.3, 0.4) is 0 Å². The van der Waals surface area contributed by atoms with Gasteiger partial charge in [0.05, 0.1) is 4.88 Å². The Hall–Kier alpha value is -1.76. The summed E-state index contributed by atoms with van der Waals surface area (Å²) in [7, 11) is 0. The molecule has 3 heterocycles. The number of amides is 1. The van der Waals surface area contributed by atoms with Crippen molar-refractivity contribution in [2.75, 3.05) is 32.8 Å². The van der Waals surface area contributed by atoms with E-state index in [-0.39, 0.29) is 24.4 Å². The molecule has 2 aliphatic heterocycles. The van der Waals surface area contributed by atoms with Crippen molar-refractivity contribution in [1.82, 2.24) is 10.2 Å². The molecule has 7 heteroatoms. The zero-order valence-corrected chi connectivity index (χ0v) is 15.6. The molecule has 0 aliphatic carbocycles. The second kappa shape index (κ2) is 7.64. The Kier molecular flexibility index (Phi) is 5.51. The van der Waals surface area contributed by atoms with E-state index in [0.29, 0.717) is 13.2 Å². The van der Waals surface area contributed by atoms with E-state index in [2.05, 4.69) is 12.2 Å². The summed E-state index contributed by atoms with van der Waals surface area (Å²) in [5.74, 6) is 1.68. The van der Waals surface area contributed by atoms with Crippen molar-refractivity contribution in [1.29, 1.82) is 0 Å². The van der Waals surface area contributed by atoms with Gasteiger partial charge in [-0.05, 0) is 42.8 Å². The lowest BCUT2D eigenvalue weighted by atomic mass is 10.1. The van der Waals surface area contributed by atoms with Crippen molar-refractivity contribution in [3.8, 4) is 21.9 Å². The van der Waals surface area contributed by atoms with E-state index in [4.69, 9.17) is 9.47 Å². The average Bonchev–Trinajstić information content (AvgIpc) is 3.11. The van der Waals surface area contributed by atoms with Crippen molar-refractivity contribution in [3.63, 3.8) is 0 Å². The highest BCUT2D eigenvalue weighted by Gasteiger charge is 2.25. The van der Waals surface area contributed by atoms with Crippen molar-refractivity contribution in [2.45, 2.75) is 13.0 Å². The minimum atomic E-state index is 0. The first-order chi connectivity index (χ1) is 11.7. The number of hydrogen-bond acceptors (Lipinski definition) is 5. The fourth-order valence-corrected chi connectivity index (χ4v) is 4.05. The van der Waals surface area contributed by atoms with Crippen LogP contribution in [-0.2, 0) is 0 Å². The van der Waals surface area contributed by atoms with Crippen LogP contribution in [0.15, 0.2) is 30.3 Å². The lowest BCUT2D eigenvalue weighted by molar-refractivity contribution is 0.0661. The lowest BCUT2D eigenvalue weighted by Crippen LogP contribution is -2.52. The first-order valence-corrected chi connectivity index (χ1v) is 9.05. The highest BCUT2D eigenvalue weighted by molar-refractivity contribution is 7.17. The summed E-state index contributed by atoms with van der Waals surface area (Å²) >= 11 is 1.53. The Balaban J connectivity index is 0.00000182. The smallest absolute Gasteiger partial charge is 0.264 e. The Morgan fingerprint density at radius 1 is 1.20 bits per heavy atom. The normalized spacial score (nSPS) is 19.2. The molecule has 25 heavy (non-hydrogen) atoms. The van der Waals surface area contributed by atoms with Gasteiger partial charge in [-0.2, -0.15) is 0 Å². The number of carbonyl (C=O) groups is 1. The Morgan fingerprint density at radius 3 is 2.80 bits per heavy atom. The Morgan fingerprint density at radius 2 is 2.00 bits per heavy atom. The number of thiophene rings is 1. The molecular formula is C18H21ClN2O3S. The topological polar surface area (TPSA) is 50.8 Å². The number of ether oxygens (including phenoxy) is 2. The fraction of sp³-hybridized carbons (Fsp3) is 0.389. The fourth-order valence-electron chi connectivity index (χ4n) is 3.09. The lowest BCUT2D eigenvalue weighted by Gasteiger charge is -2.33. The van der Waals surface area contributed by atoms with E-state index in [1.54, 1.807) is 0 Å². The Labute approximate surface area is 157 Å². The van der Waals surface area contributed by atoms with Gasteiger partial charge in [0.1, 0.15) is 13.2 Å². The molecule has 1 aromatic heterocycles. The molecule has 5 nitrogen and oxygen atoms in total. The molecule has 1 N–H and O–H groups in total. The van der Waals surface area contributed by atoms with Gasteiger partial charge < -0.3 is 19.7 Å². The number of fused-ring (bicyclic) bond motifs is 1. The van der Waals surface area contributed by atoms with Crippen LogP contribution >= 0.6 is 23.7 Å². The molecule has 0 saturated carbocycles. The quantitative estimate of drug-likeness (QED) is 0.870. The average molecular weight is 381 g/mol. The van der Waals surface area contributed by atoms with E-state index in [1.165, 1.54) is 11.3 Å². The van der Waals surface area contributed by atoms with Crippen molar-refractivity contribution >= 4 is 29.7 Å². The summed E-state index contributed by atoms with van der Waals surface area (Å²) in [6.45, 7) is 5.72. The second-order valence-corrected chi connectivity index (χ2v) is 7.16. The van der Waals surface area contributed by atoms with Gasteiger partial charge in [-0.1, -0.05) is 0 Å². The molecule has 1 unspecified atom stereocenters. The maximum atomic E-state index is 12.8. The van der Waals surface area contributed by atoms with Gasteiger partial charge in [0.25, 0.3) is 5.91 Å². The van der Waals surface area contributed by atoms with Crippen molar-refractivity contribution in [3.05, 3.63) is 35.2 Å². The number of carbonyl (C=O) groups excluding carboxylic acids is 1. The number of piperazine rings is 1. The van der Waals surface area contributed by atoms with E-state index in [0.717, 1.165) is 46.5 Å². The molecule has 0 spiro atoms. The van der Waals surface area contributed by atoms with Crippen molar-refractivity contribution in [2.24, 2.45) is 0 Å². The SMILES string of the molecule is CC1CNCCN1C(=O)c1ccc(-c2ccc3c(c2)OCCO3)s1.Cl.